The van der Waals surface area contributed by atoms with E-state index in [2.05, 4.69) is 23.0 Å². The van der Waals surface area contributed by atoms with E-state index in [0.717, 1.165) is 19.4 Å². The molecule has 0 aromatic carbocycles. The van der Waals surface area contributed by atoms with Crippen molar-refractivity contribution < 1.29 is 0 Å². The molecule has 1 N–H and O–H groups in total. The van der Waals surface area contributed by atoms with Gasteiger partial charge < -0.3 is 4.98 Å². The van der Waals surface area contributed by atoms with E-state index in [-0.39, 0.29) is 0 Å². The fourth-order valence-corrected chi connectivity index (χ4v) is 1.57. The first-order valence-corrected chi connectivity index (χ1v) is 4.11. The standard InChI is InChI=1S/C9H12N2/c1-2-8-7-3-5-11-9(7)4-6-10-8/h3,5,11H,2,4,6H2,1H3. The summed E-state index contributed by atoms with van der Waals surface area (Å²) in [5.74, 6) is 0. The van der Waals surface area contributed by atoms with E-state index in [1.807, 2.05) is 6.20 Å². The lowest BCUT2D eigenvalue weighted by Crippen LogP contribution is -2.10. The van der Waals surface area contributed by atoms with E-state index < -0.39 is 0 Å². The minimum atomic E-state index is 0.955. The molecule has 0 radical (unpaired) electrons. The smallest absolute Gasteiger partial charge is 0.0447 e. The second-order valence-corrected chi connectivity index (χ2v) is 2.80. The van der Waals surface area contributed by atoms with E-state index >= 15 is 0 Å². The van der Waals surface area contributed by atoms with Crippen molar-refractivity contribution in [2.45, 2.75) is 19.8 Å². The van der Waals surface area contributed by atoms with Crippen LogP contribution in [0.15, 0.2) is 17.3 Å². The van der Waals surface area contributed by atoms with Gasteiger partial charge in [-0.15, -0.1) is 0 Å². The number of hydrogen-bond acceptors (Lipinski definition) is 1. The summed E-state index contributed by atoms with van der Waals surface area (Å²) in [7, 11) is 0. The maximum absolute atomic E-state index is 4.46. The highest BCUT2D eigenvalue weighted by atomic mass is 14.8. The van der Waals surface area contributed by atoms with Gasteiger partial charge in [-0.2, -0.15) is 0 Å². The second-order valence-electron chi connectivity index (χ2n) is 2.80. The molecule has 0 atom stereocenters. The van der Waals surface area contributed by atoms with Gasteiger partial charge in [0.2, 0.25) is 0 Å². The second kappa shape index (κ2) is 2.53. The molecule has 2 nitrogen and oxygen atoms in total. The molecule has 1 aliphatic heterocycles. The maximum atomic E-state index is 4.46. The minimum Gasteiger partial charge on any atom is -0.364 e. The van der Waals surface area contributed by atoms with Crippen LogP contribution in [0.3, 0.4) is 0 Å². The van der Waals surface area contributed by atoms with Crippen LogP contribution in [0.25, 0.3) is 0 Å². The fraction of sp³-hybridized carbons (Fsp3) is 0.444. The third-order valence-electron chi connectivity index (χ3n) is 2.14. The SMILES string of the molecule is CCC1=NCCc2[nH]ccc21. The lowest BCUT2D eigenvalue weighted by atomic mass is 10.0. The van der Waals surface area contributed by atoms with Crippen molar-refractivity contribution in [3.63, 3.8) is 0 Å². The molecular formula is C9H12N2. The Kier molecular flexibility index (Phi) is 1.53. The van der Waals surface area contributed by atoms with Crippen molar-refractivity contribution >= 4 is 5.71 Å². The average Bonchev–Trinajstić information content (AvgIpc) is 2.50. The predicted molar refractivity (Wildman–Crippen MR) is 46.2 cm³/mol. The fourth-order valence-electron chi connectivity index (χ4n) is 1.57. The maximum Gasteiger partial charge on any atom is 0.0447 e. The van der Waals surface area contributed by atoms with E-state index in [1.165, 1.54) is 17.0 Å². The van der Waals surface area contributed by atoms with Gasteiger partial charge in [-0.3, -0.25) is 4.99 Å². The van der Waals surface area contributed by atoms with E-state index in [4.69, 9.17) is 0 Å². The summed E-state index contributed by atoms with van der Waals surface area (Å²) in [4.78, 5) is 7.70. The van der Waals surface area contributed by atoms with E-state index in [9.17, 15) is 0 Å². The highest BCUT2D eigenvalue weighted by Crippen LogP contribution is 2.15. The van der Waals surface area contributed by atoms with Crippen molar-refractivity contribution in [2.24, 2.45) is 4.99 Å². The summed E-state index contributed by atoms with van der Waals surface area (Å²) in [5, 5.41) is 0. The van der Waals surface area contributed by atoms with Gasteiger partial charge in [-0.25, -0.2) is 0 Å². The molecule has 0 amide bonds. The van der Waals surface area contributed by atoms with Crippen molar-refractivity contribution in [2.75, 3.05) is 6.54 Å². The largest absolute Gasteiger partial charge is 0.364 e. The number of rotatable bonds is 1. The van der Waals surface area contributed by atoms with Crippen molar-refractivity contribution in [3.8, 4) is 0 Å². The van der Waals surface area contributed by atoms with Gasteiger partial charge >= 0.3 is 0 Å². The summed E-state index contributed by atoms with van der Waals surface area (Å²) >= 11 is 0. The van der Waals surface area contributed by atoms with Crippen LogP contribution < -0.4 is 0 Å². The molecule has 1 aromatic heterocycles. The zero-order chi connectivity index (χ0) is 7.68. The van der Waals surface area contributed by atoms with Crippen LogP contribution in [0.5, 0.6) is 0 Å². The quantitative estimate of drug-likeness (QED) is 0.628. The Bertz CT molecular complexity index is 284. The van der Waals surface area contributed by atoms with Gasteiger partial charge in [-0.1, -0.05) is 6.92 Å². The van der Waals surface area contributed by atoms with Crippen LogP contribution in [0.1, 0.15) is 24.6 Å². The first kappa shape index (κ1) is 6.65. The number of aromatic amines is 1. The Morgan fingerprint density at radius 2 is 2.55 bits per heavy atom. The van der Waals surface area contributed by atoms with Crippen LogP contribution in [-0.4, -0.2) is 17.2 Å². The molecule has 2 heteroatoms. The number of fused-ring (bicyclic) bond motifs is 1. The summed E-state index contributed by atoms with van der Waals surface area (Å²) in [6.45, 7) is 3.11. The molecule has 0 aliphatic carbocycles. The molecule has 0 unspecified atom stereocenters. The van der Waals surface area contributed by atoms with Gasteiger partial charge in [0.1, 0.15) is 0 Å². The van der Waals surface area contributed by atoms with Gasteiger partial charge in [0.15, 0.2) is 0 Å². The van der Waals surface area contributed by atoms with Crippen molar-refractivity contribution in [1.29, 1.82) is 0 Å². The van der Waals surface area contributed by atoms with E-state index in [0.29, 0.717) is 0 Å². The molecule has 0 fully saturated rings. The minimum absolute atomic E-state index is 0.955. The van der Waals surface area contributed by atoms with Crippen LogP contribution in [-0.2, 0) is 6.42 Å². The summed E-state index contributed by atoms with van der Waals surface area (Å²) in [6.07, 6.45) is 4.12. The molecule has 1 aliphatic rings. The Morgan fingerprint density at radius 1 is 1.64 bits per heavy atom. The normalized spacial score (nSPS) is 15.9. The van der Waals surface area contributed by atoms with Gasteiger partial charge in [0.25, 0.3) is 0 Å². The topological polar surface area (TPSA) is 28.1 Å². The number of H-pyrrole nitrogens is 1. The highest BCUT2D eigenvalue weighted by Gasteiger charge is 2.12. The molecule has 2 heterocycles. The van der Waals surface area contributed by atoms with Crippen LogP contribution in [0.2, 0.25) is 0 Å². The zero-order valence-electron chi connectivity index (χ0n) is 6.72. The number of nitrogens with zero attached hydrogens (tertiary/aromatic N) is 1. The highest BCUT2D eigenvalue weighted by molar-refractivity contribution is 6.02. The Hall–Kier alpha value is -1.05. The number of aliphatic imine (C=N–C) groups is 1. The van der Waals surface area contributed by atoms with Gasteiger partial charge in [-0.05, 0) is 12.5 Å². The Balaban J connectivity index is 2.45. The molecule has 0 spiro atoms. The van der Waals surface area contributed by atoms with Crippen LogP contribution >= 0.6 is 0 Å². The lowest BCUT2D eigenvalue weighted by Gasteiger charge is -2.10. The number of hydrogen-bond donors (Lipinski definition) is 1. The predicted octanol–water partition coefficient (Wildman–Crippen LogP) is 1.77. The van der Waals surface area contributed by atoms with Crippen LogP contribution in [0.4, 0.5) is 0 Å². The third-order valence-corrected chi connectivity index (χ3v) is 2.14. The number of nitrogens with one attached hydrogen (secondary N) is 1. The first-order chi connectivity index (χ1) is 5.42. The molecule has 1 aromatic rings. The molecule has 2 rings (SSSR count). The number of aromatic nitrogens is 1. The van der Waals surface area contributed by atoms with Crippen molar-refractivity contribution in [1.82, 2.24) is 4.98 Å². The first-order valence-electron chi connectivity index (χ1n) is 4.11. The molecule has 0 saturated heterocycles. The molecular weight excluding hydrogens is 136 g/mol. The lowest BCUT2D eigenvalue weighted by molar-refractivity contribution is 0.904. The summed E-state index contributed by atoms with van der Waals surface area (Å²) in [5.41, 5.74) is 3.95. The molecule has 0 bridgehead atoms. The monoisotopic (exact) mass is 148 g/mol. The molecule has 0 saturated carbocycles. The summed E-state index contributed by atoms with van der Waals surface area (Å²) in [6, 6.07) is 2.12. The zero-order valence-corrected chi connectivity index (χ0v) is 6.72. The van der Waals surface area contributed by atoms with Crippen molar-refractivity contribution in [3.05, 3.63) is 23.5 Å². The van der Waals surface area contributed by atoms with Crippen LogP contribution in [0, 0.1) is 0 Å². The Morgan fingerprint density at radius 3 is 3.36 bits per heavy atom. The van der Waals surface area contributed by atoms with E-state index in [1.54, 1.807) is 0 Å². The third kappa shape index (κ3) is 0.985. The Labute approximate surface area is 66.4 Å². The average molecular weight is 148 g/mol. The molecule has 11 heavy (non-hydrogen) atoms. The van der Waals surface area contributed by atoms with Gasteiger partial charge in [0, 0.05) is 36.1 Å². The molecule has 58 valence electrons. The summed E-state index contributed by atoms with van der Waals surface area (Å²) < 4.78 is 0. The van der Waals surface area contributed by atoms with Gasteiger partial charge in [0.05, 0.1) is 0 Å².